The summed E-state index contributed by atoms with van der Waals surface area (Å²) in [5.74, 6) is 1.41. The van der Waals surface area contributed by atoms with Crippen LogP contribution in [-0.2, 0) is 0 Å². The lowest BCUT2D eigenvalue weighted by Gasteiger charge is -2.18. The van der Waals surface area contributed by atoms with Gasteiger partial charge in [-0.3, -0.25) is 0 Å². The summed E-state index contributed by atoms with van der Waals surface area (Å²) in [4.78, 5) is 0. The first kappa shape index (κ1) is 13.8. The first-order chi connectivity index (χ1) is 8.13. The lowest BCUT2D eigenvalue weighted by atomic mass is 9.99. The summed E-state index contributed by atoms with van der Waals surface area (Å²) in [5, 5.41) is 13.2. The summed E-state index contributed by atoms with van der Waals surface area (Å²) in [6.07, 6.45) is 0.128. The number of aliphatic hydroxyl groups excluding tert-OH is 1. The Bertz CT molecular complexity index is 366. The summed E-state index contributed by atoms with van der Waals surface area (Å²) >= 11 is 0. The fourth-order valence-electron chi connectivity index (χ4n) is 1.87. The Kier molecular flexibility index (Phi) is 5.25. The van der Waals surface area contributed by atoms with Gasteiger partial charge < -0.3 is 19.9 Å². The predicted octanol–water partition coefficient (Wildman–Crippen LogP) is 1.66. The van der Waals surface area contributed by atoms with E-state index in [9.17, 15) is 5.11 Å². The molecule has 0 aliphatic heterocycles. The SMILES string of the molecule is CNCCC(O)c1c(C)cc(OC)cc1OC. The van der Waals surface area contributed by atoms with Gasteiger partial charge in [0.25, 0.3) is 0 Å². The van der Waals surface area contributed by atoms with E-state index in [1.54, 1.807) is 20.3 Å². The van der Waals surface area contributed by atoms with E-state index in [2.05, 4.69) is 5.32 Å². The van der Waals surface area contributed by atoms with Crippen molar-refractivity contribution in [3.8, 4) is 11.5 Å². The Hall–Kier alpha value is -1.26. The zero-order valence-electron chi connectivity index (χ0n) is 10.9. The van der Waals surface area contributed by atoms with Crippen LogP contribution >= 0.6 is 0 Å². The fraction of sp³-hybridized carbons (Fsp3) is 0.538. The Morgan fingerprint density at radius 2 is 2.00 bits per heavy atom. The van der Waals surface area contributed by atoms with Gasteiger partial charge in [-0.15, -0.1) is 0 Å². The minimum absolute atomic E-state index is 0.525. The number of nitrogens with one attached hydrogen (secondary N) is 1. The van der Waals surface area contributed by atoms with Crippen molar-refractivity contribution in [1.29, 1.82) is 0 Å². The molecular weight excluding hydrogens is 218 g/mol. The predicted molar refractivity (Wildman–Crippen MR) is 67.8 cm³/mol. The van der Waals surface area contributed by atoms with Crippen molar-refractivity contribution >= 4 is 0 Å². The molecule has 0 aromatic heterocycles. The molecule has 17 heavy (non-hydrogen) atoms. The molecular formula is C13H21NO3. The summed E-state index contributed by atoms with van der Waals surface area (Å²) in [6, 6.07) is 3.70. The van der Waals surface area contributed by atoms with Gasteiger partial charge in [0, 0.05) is 11.6 Å². The highest BCUT2D eigenvalue weighted by Gasteiger charge is 2.17. The van der Waals surface area contributed by atoms with E-state index in [4.69, 9.17) is 9.47 Å². The van der Waals surface area contributed by atoms with E-state index >= 15 is 0 Å². The second kappa shape index (κ2) is 6.47. The fourth-order valence-corrected chi connectivity index (χ4v) is 1.87. The maximum Gasteiger partial charge on any atom is 0.128 e. The van der Waals surface area contributed by atoms with Gasteiger partial charge in [0.1, 0.15) is 11.5 Å². The molecule has 0 bridgehead atoms. The van der Waals surface area contributed by atoms with Crippen molar-refractivity contribution in [1.82, 2.24) is 5.32 Å². The number of benzene rings is 1. The van der Waals surface area contributed by atoms with Crippen molar-refractivity contribution in [2.24, 2.45) is 0 Å². The first-order valence-electron chi connectivity index (χ1n) is 5.69. The third kappa shape index (κ3) is 3.35. The van der Waals surface area contributed by atoms with Gasteiger partial charge in [0.05, 0.1) is 20.3 Å². The van der Waals surface area contributed by atoms with Gasteiger partial charge >= 0.3 is 0 Å². The number of ether oxygens (including phenoxy) is 2. The van der Waals surface area contributed by atoms with E-state index in [1.165, 1.54) is 0 Å². The molecule has 0 aliphatic carbocycles. The Labute approximate surface area is 103 Å². The summed E-state index contributed by atoms with van der Waals surface area (Å²) in [7, 11) is 5.08. The number of methoxy groups -OCH3 is 2. The van der Waals surface area contributed by atoms with Crippen LogP contribution in [0.25, 0.3) is 0 Å². The Morgan fingerprint density at radius 3 is 2.53 bits per heavy atom. The van der Waals surface area contributed by atoms with Crippen LogP contribution < -0.4 is 14.8 Å². The molecule has 4 nitrogen and oxygen atoms in total. The van der Waals surface area contributed by atoms with Crippen LogP contribution in [0.15, 0.2) is 12.1 Å². The van der Waals surface area contributed by atoms with E-state index in [1.807, 2.05) is 20.0 Å². The van der Waals surface area contributed by atoms with Crippen LogP contribution in [0.5, 0.6) is 11.5 Å². The standard InChI is InChI=1S/C13H21NO3/c1-9-7-10(16-3)8-12(17-4)13(9)11(15)5-6-14-2/h7-8,11,14-15H,5-6H2,1-4H3. The van der Waals surface area contributed by atoms with Crippen LogP contribution in [0, 0.1) is 6.92 Å². The average Bonchev–Trinajstić information content (AvgIpc) is 2.34. The largest absolute Gasteiger partial charge is 0.497 e. The smallest absolute Gasteiger partial charge is 0.128 e. The maximum absolute atomic E-state index is 10.1. The summed E-state index contributed by atoms with van der Waals surface area (Å²) in [5.41, 5.74) is 1.81. The van der Waals surface area contributed by atoms with E-state index in [0.717, 1.165) is 23.4 Å². The summed E-state index contributed by atoms with van der Waals surface area (Å²) < 4.78 is 10.5. The topological polar surface area (TPSA) is 50.7 Å². The van der Waals surface area contributed by atoms with Crippen LogP contribution in [0.3, 0.4) is 0 Å². The van der Waals surface area contributed by atoms with Crippen molar-refractivity contribution in [2.45, 2.75) is 19.4 Å². The highest BCUT2D eigenvalue weighted by atomic mass is 16.5. The molecule has 0 amide bonds. The number of aliphatic hydroxyl groups is 1. The molecule has 0 saturated heterocycles. The molecule has 4 heteroatoms. The molecule has 1 atom stereocenters. The molecule has 2 N–H and O–H groups in total. The molecule has 0 radical (unpaired) electrons. The van der Waals surface area contributed by atoms with Crippen molar-refractivity contribution in [3.63, 3.8) is 0 Å². The highest BCUT2D eigenvalue weighted by Crippen LogP contribution is 2.34. The van der Waals surface area contributed by atoms with Gasteiger partial charge in [-0.25, -0.2) is 0 Å². The molecule has 1 aromatic carbocycles. The molecule has 0 heterocycles. The van der Waals surface area contributed by atoms with Crippen LogP contribution in [-0.4, -0.2) is 32.9 Å². The molecule has 0 fully saturated rings. The van der Waals surface area contributed by atoms with E-state index in [-0.39, 0.29) is 0 Å². The highest BCUT2D eigenvalue weighted by molar-refractivity contribution is 5.47. The molecule has 1 aromatic rings. The van der Waals surface area contributed by atoms with Gasteiger partial charge in [-0.1, -0.05) is 0 Å². The van der Waals surface area contributed by atoms with Crippen LogP contribution in [0.2, 0.25) is 0 Å². The van der Waals surface area contributed by atoms with E-state index < -0.39 is 6.10 Å². The quantitative estimate of drug-likeness (QED) is 0.792. The molecule has 0 spiro atoms. The number of rotatable bonds is 6. The lowest BCUT2D eigenvalue weighted by Crippen LogP contribution is -2.13. The maximum atomic E-state index is 10.1. The van der Waals surface area contributed by atoms with Gasteiger partial charge in [-0.05, 0) is 38.6 Å². The minimum Gasteiger partial charge on any atom is -0.497 e. The molecule has 1 rings (SSSR count). The second-order valence-electron chi connectivity index (χ2n) is 3.97. The van der Waals surface area contributed by atoms with Gasteiger partial charge in [0.15, 0.2) is 0 Å². The monoisotopic (exact) mass is 239 g/mol. The number of hydrogen-bond acceptors (Lipinski definition) is 4. The van der Waals surface area contributed by atoms with Crippen molar-refractivity contribution in [2.75, 3.05) is 27.8 Å². The first-order valence-corrected chi connectivity index (χ1v) is 5.69. The Morgan fingerprint density at radius 1 is 1.29 bits per heavy atom. The van der Waals surface area contributed by atoms with Gasteiger partial charge in [-0.2, -0.15) is 0 Å². The zero-order chi connectivity index (χ0) is 12.8. The van der Waals surface area contributed by atoms with Crippen molar-refractivity contribution in [3.05, 3.63) is 23.3 Å². The molecule has 1 unspecified atom stereocenters. The number of hydrogen-bond donors (Lipinski definition) is 2. The van der Waals surface area contributed by atoms with E-state index in [0.29, 0.717) is 12.2 Å². The van der Waals surface area contributed by atoms with Crippen molar-refractivity contribution < 1.29 is 14.6 Å². The second-order valence-corrected chi connectivity index (χ2v) is 3.97. The normalized spacial score (nSPS) is 12.3. The Balaban J connectivity index is 3.04. The third-order valence-electron chi connectivity index (χ3n) is 2.78. The minimum atomic E-state index is -0.525. The van der Waals surface area contributed by atoms with Crippen LogP contribution in [0.1, 0.15) is 23.7 Å². The zero-order valence-corrected chi connectivity index (χ0v) is 10.9. The average molecular weight is 239 g/mol. The lowest BCUT2D eigenvalue weighted by molar-refractivity contribution is 0.162. The van der Waals surface area contributed by atoms with Gasteiger partial charge in [0.2, 0.25) is 0 Å². The molecule has 0 saturated carbocycles. The number of aryl methyl sites for hydroxylation is 1. The molecule has 0 aliphatic rings. The molecule has 96 valence electrons. The summed E-state index contributed by atoms with van der Waals surface area (Å²) in [6.45, 7) is 2.71. The third-order valence-corrected chi connectivity index (χ3v) is 2.78. The van der Waals surface area contributed by atoms with Crippen LogP contribution in [0.4, 0.5) is 0 Å².